The second-order valence-electron chi connectivity index (χ2n) is 5.27. The number of hydrogen-bond donors (Lipinski definition) is 0. The molecule has 0 aromatic heterocycles. The molecule has 94 valence electrons. The van der Waals surface area contributed by atoms with Gasteiger partial charge in [0.1, 0.15) is 5.82 Å². The predicted molar refractivity (Wildman–Crippen MR) is 67.7 cm³/mol. The summed E-state index contributed by atoms with van der Waals surface area (Å²) in [6.45, 7) is 6.63. The summed E-state index contributed by atoms with van der Waals surface area (Å²) in [6.07, 6.45) is 3.64. The average molecular weight is 236 g/mol. The van der Waals surface area contributed by atoms with Gasteiger partial charge in [0, 0.05) is 0 Å². The zero-order chi connectivity index (χ0) is 12.4. The first-order valence-electron chi connectivity index (χ1n) is 6.44. The Bertz CT molecular complexity index is 392. The largest absolute Gasteiger partial charge is 0.378 e. The van der Waals surface area contributed by atoms with Crippen molar-refractivity contribution in [2.24, 2.45) is 5.92 Å². The van der Waals surface area contributed by atoms with Gasteiger partial charge in [0.2, 0.25) is 0 Å². The van der Waals surface area contributed by atoms with Crippen LogP contribution in [0.25, 0.3) is 0 Å². The van der Waals surface area contributed by atoms with E-state index in [0.29, 0.717) is 12.0 Å². The minimum Gasteiger partial charge on any atom is -0.378 e. The van der Waals surface area contributed by atoms with Crippen molar-refractivity contribution in [1.82, 2.24) is 0 Å². The summed E-state index contributed by atoms with van der Waals surface area (Å²) in [6, 6.07) is 3.94. The predicted octanol–water partition coefficient (Wildman–Crippen LogP) is 3.80. The van der Waals surface area contributed by atoms with Gasteiger partial charge in [-0.1, -0.05) is 12.1 Å². The smallest absolute Gasteiger partial charge is 0.129 e. The molecule has 2 rings (SSSR count). The van der Waals surface area contributed by atoms with Crippen LogP contribution in [0.5, 0.6) is 0 Å². The third kappa shape index (κ3) is 2.86. The molecule has 1 saturated heterocycles. The van der Waals surface area contributed by atoms with Crippen molar-refractivity contribution in [3.63, 3.8) is 0 Å². The van der Waals surface area contributed by atoms with Crippen LogP contribution in [-0.2, 0) is 11.2 Å². The van der Waals surface area contributed by atoms with Gasteiger partial charge < -0.3 is 4.74 Å². The lowest BCUT2D eigenvalue weighted by atomic mass is 9.90. The molecule has 17 heavy (non-hydrogen) atoms. The zero-order valence-corrected chi connectivity index (χ0v) is 10.9. The zero-order valence-electron chi connectivity index (χ0n) is 10.9. The Labute approximate surface area is 103 Å². The molecule has 1 aliphatic rings. The second-order valence-corrected chi connectivity index (χ2v) is 5.27. The van der Waals surface area contributed by atoms with Crippen LogP contribution in [-0.4, -0.2) is 12.7 Å². The summed E-state index contributed by atoms with van der Waals surface area (Å²) < 4.78 is 19.4. The van der Waals surface area contributed by atoms with Crippen LogP contribution < -0.4 is 0 Å². The van der Waals surface area contributed by atoms with Crippen LogP contribution in [0.3, 0.4) is 0 Å². The van der Waals surface area contributed by atoms with Gasteiger partial charge in [-0.3, -0.25) is 0 Å². The molecule has 2 atom stereocenters. The Morgan fingerprint density at radius 2 is 2.06 bits per heavy atom. The van der Waals surface area contributed by atoms with Crippen LogP contribution >= 0.6 is 0 Å². The maximum atomic E-state index is 13.8. The van der Waals surface area contributed by atoms with Crippen molar-refractivity contribution in [3.05, 3.63) is 34.6 Å². The first kappa shape index (κ1) is 12.6. The van der Waals surface area contributed by atoms with E-state index in [9.17, 15) is 4.39 Å². The molecule has 1 fully saturated rings. The molecule has 1 aromatic carbocycles. The topological polar surface area (TPSA) is 9.23 Å². The van der Waals surface area contributed by atoms with Crippen LogP contribution in [0.1, 0.15) is 36.5 Å². The summed E-state index contributed by atoms with van der Waals surface area (Å²) in [5, 5.41) is 0. The van der Waals surface area contributed by atoms with Gasteiger partial charge in [0.15, 0.2) is 0 Å². The molecular formula is C15H21FO. The monoisotopic (exact) mass is 236 g/mol. The lowest BCUT2D eigenvalue weighted by molar-refractivity contribution is -0.00472. The van der Waals surface area contributed by atoms with E-state index in [1.165, 1.54) is 6.42 Å². The Kier molecular flexibility index (Phi) is 3.82. The molecule has 0 aliphatic carbocycles. The number of rotatable bonds is 2. The van der Waals surface area contributed by atoms with E-state index in [-0.39, 0.29) is 5.82 Å². The first-order chi connectivity index (χ1) is 8.08. The number of ether oxygens (including phenoxy) is 1. The van der Waals surface area contributed by atoms with Crippen molar-refractivity contribution < 1.29 is 9.13 Å². The van der Waals surface area contributed by atoms with E-state index in [1.807, 2.05) is 19.9 Å². The molecule has 1 nitrogen and oxygen atoms in total. The highest BCUT2D eigenvalue weighted by molar-refractivity contribution is 5.32. The summed E-state index contributed by atoms with van der Waals surface area (Å²) in [5.41, 5.74) is 2.68. The van der Waals surface area contributed by atoms with Gasteiger partial charge >= 0.3 is 0 Å². The highest BCUT2D eigenvalue weighted by atomic mass is 19.1. The molecule has 0 radical (unpaired) electrons. The number of aryl methyl sites for hydroxylation is 1. The molecule has 1 aromatic rings. The maximum absolute atomic E-state index is 13.8. The quantitative estimate of drug-likeness (QED) is 0.759. The van der Waals surface area contributed by atoms with E-state index in [4.69, 9.17) is 4.74 Å². The van der Waals surface area contributed by atoms with Crippen molar-refractivity contribution in [2.75, 3.05) is 6.61 Å². The lowest BCUT2D eigenvalue weighted by Gasteiger charge is -2.27. The van der Waals surface area contributed by atoms with Gasteiger partial charge in [-0.25, -0.2) is 4.39 Å². The van der Waals surface area contributed by atoms with Gasteiger partial charge in [-0.2, -0.15) is 0 Å². The fraction of sp³-hybridized carbons (Fsp3) is 0.600. The molecule has 0 bridgehead atoms. The van der Waals surface area contributed by atoms with Crippen molar-refractivity contribution >= 4 is 0 Å². The van der Waals surface area contributed by atoms with E-state index in [0.717, 1.165) is 36.1 Å². The normalized spacial score (nSPS) is 24.9. The van der Waals surface area contributed by atoms with Crippen LogP contribution in [0, 0.1) is 25.6 Å². The Morgan fingerprint density at radius 3 is 2.71 bits per heavy atom. The summed E-state index contributed by atoms with van der Waals surface area (Å²) in [7, 11) is 0. The summed E-state index contributed by atoms with van der Waals surface area (Å²) in [4.78, 5) is 0. The van der Waals surface area contributed by atoms with Crippen molar-refractivity contribution in [1.29, 1.82) is 0 Å². The van der Waals surface area contributed by atoms with Crippen molar-refractivity contribution in [3.8, 4) is 0 Å². The van der Waals surface area contributed by atoms with Gasteiger partial charge in [0.05, 0.1) is 12.7 Å². The van der Waals surface area contributed by atoms with Crippen LogP contribution in [0.15, 0.2) is 12.1 Å². The number of hydrogen-bond acceptors (Lipinski definition) is 1. The molecule has 0 N–H and O–H groups in total. The third-order valence-electron chi connectivity index (χ3n) is 3.80. The maximum Gasteiger partial charge on any atom is 0.129 e. The molecule has 1 heterocycles. The first-order valence-corrected chi connectivity index (χ1v) is 6.44. The van der Waals surface area contributed by atoms with Crippen LogP contribution in [0.2, 0.25) is 0 Å². The van der Waals surface area contributed by atoms with Gasteiger partial charge in [0.25, 0.3) is 0 Å². The summed E-state index contributed by atoms with van der Waals surface area (Å²) in [5.74, 6) is 0.500. The van der Waals surface area contributed by atoms with Crippen molar-refractivity contribution in [2.45, 2.75) is 46.1 Å². The van der Waals surface area contributed by atoms with Gasteiger partial charge in [-0.15, -0.1) is 0 Å². The van der Waals surface area contributed by atoms with E-state index >= 15 is 0 Å². The van der Waals surface area contributed by atoms with Crippen LogP contribution in [0.4, 0.5) is 4.39 Å². The standard InChI is InChI=1S/C15H21FO/c1-10-4-7-14(12(3)15(10)16)8-13-6-5-11(2)17-9-13/h4,7,11,13H,5-6,8-9H2,1-3H3. The molecule has 0 amide bonds. The Balaban J connectivity index is 2.06. The molecule has 2 heteroatoms. The number of halogens is 1. The fourth-order valence-electron chi connectivity index (χ4n) is 2.49. The fourth-order valence-corrected chi connectivity index (χ4v) is 2.49. The average Bonchev–Trinajstić information content (AvgIpc) is 2.33. The highest BCUT2D eigenvalue weighted by Crippen LogP contribution is 2.25. The highest BCUT2D eigenvalue weighted by Gasteiger charge is 2.20. The van der Waals surface area contributed by atoms with E-state index < -0.39 is 0 Å². The molecule has 0 saturated carbocycles. The molecule has 0 spiro atoms. The van der Waals surface area contributed by atoms with E-state index in [2.05, 4.69) is 13.0 Å². The minimum absolute atomic E-state index is 0.0485. The second kappa shape index (κ2) is 5.18. The third-order valence-corrected chi connectivity index (χ3v) is 3.80. The molecular weight excluding hydrogens is 215 g/mol. The summed E-state index contributed by atoms with van der Waals surface area (Å²) >= 11 is 0. The Hall–Kier alpha value is -0.890. The lowest BCUT2D eigenvalue weighted by Crippen LogP contribution is -2.25. The minimum atomic E-state index is -0.0485. The molecule has 1 aliphatic heterocycles. The van der Waals surface area contributed by atoms with E-state index in [1.54, 1.807) is 0 Å². The SMILES string of the molecule is Cc1ccc(CC2CCC(C)OC2)c(C)c1F. The Morgan fingerprint density at radius 1 is 1.29 bits per heavy atom. The van der Waals surface area contributed by atoms with Gasteiger partial charge in [-0.05, 0) is 62.6 Å². The molecule has 2 unspecified atom stereocenters. The number of benzene rings is 1.